The molecule has 0 bridgehead atoms. The van der Waals surface area contributed by atoms with E-state index >= 15 is 0 Å². The summed E-state index contributed by atoms with van der Waals surface area (Å²) in [5.74, 6) is 2.10. The lowest BCUT2D eigenvalue weighted by Crippen LogP contribution is -1.95. The SMILES string of the molecule is COc1ccccc1Cc1noc(CCl)n1. The van der Waals surface area contributed by atoms with Crippen molar-refractivity contribution in [1.82, 2.24) is 10.1 Å². The Labute approximate surface area is 98.2 Å². The average molecular weight is 239 g/mol. The second kappa shape index (κ2) is 4.99. The molecule has 1 aromatic heterocycles. The zero-order valence-corrected chi connectivity index (χ0v) is 9.57. The van der Waals surface area contributed by atoms with Gasteiger partial charge in [-0.3, -0.25) is 0 Å². The Kier molecular flexibility index (Phi) is 3.41. The van der Waals surface area contributed by atoms with Gasteiger partial charge in [-0.25, -0.2) is 0 Å². The van der Waals surface area contributed by atoms with Crippen LogP contribution >= 0.6 is 11.6 Å². The zero-order chi connectivity index (χ0) is 11.4. The molecule has 84 valence electrons. The molecule has 16 heavy (non-hydrogen) atoms. The molecule has 1 aromatic carbocycles. The van der Waals surface area contributed by atoms with Crippen LogP contribution in [0, 0.1) is 0 Å². The van der Waals surface area contributed by atoms with Crippen molar-refractivity contribution >= 4 is 11.6 Å². The molecule has 0 N–H and O–H groups in total. The van der Waals surface area contributed by atoms with Gasteiger partial charge in [0.1, 0.15) is 11.6 Å². The van der Waals surface area contributed by atoms with E-state index in [1.807, 2.05) is 24.3 Å². The van der Waals surface area contributed by atoms with E-state index in [1.165, 1.54) is 0 Å². The van der Waals surface area contributed by atoms with Crippen LogP contribution in [0.3, 0.4) is 0 Å². The van der Waals surface area contributed by atoms with Crippen molar-refractivity contribution < 1.29 is 9.26 Å². The molecule has 0 aliphatic heterocycles. The largest absolute Gasteiger partial charge is 0.496 e. The highest BCUT2D eigenvalue weighted by atomic mass is 35.5. The number of hydrogen-bond acceptors (Lipinski definition) is 4. The highest BCUT2D eigenvalue weighted by molar-refractivity contribution is 6.16. The highest BCUT2D eigenvalue weighted by Crippen LogP contribution is 2.19. The first kappa shape index (κ1) is 11.0. The number of ether oxygens (including phenoxy) is 1. The van der Waals surface area contributed by atoms with Gasteiger partial charge in [-0.2, -0.15) is 4.98 Å². The summed E-state index contributed by atoms with van der Waals surface area (Å²) in [7, 11) is 1.64. The van der Waals surface area contributed by atoms with Crippen LogP contribution in [0.5, 0.6) is 5.75 Å². The Morgan fingerprint density at radius 1 is 1.38 bits per heavy atom. The third-order valence-corrected chi connectivity index (χ3v) is 2.39. The third-order valence-electron chi connectivity index (χ3n) is 2.17. The Morgan fingerprint density at radius 3 is 2.88 bits per heavy atom. The second-order valence-corrected chi connectivity index (χ2v) is 3.49. The molecule has 0 saturated heterocycles. The molecule has 0 radical (unpaired) electrons. The van der Waals surface area contributed by atoms with Crippen molar-refractivity contribution in [3.05, 3.63) is 41.5 Å². The molecule has 0 amide bonds. The van der Waals surface area contributed by atoms with E-state index in [0.717, 1.165) is 11.3 Å². The molecule has 0 spiro atoms. The fourth-order valence-electron chi connectivity index (χ4n) is 1.44. The van der Waals surface area contributed by atoms with E-state index in [0.29, 0.717) is 18.1 Å². The normalized spacial score (nSPS) is 10.4. The zero-order valence-electron chi connectivity index (χ0n) is 8.81. The molecule has 0 aliphatic carbocycles. The fourth-order valence-corrected chi connectivity index (χ4v) is 1.54. The van der Waals surface area contributed by atoms with E-state index < -0.39 is 0 Å². The van der Waals surface area contributed by atoms with Gasteiger partial charge < -0.3 is 9.26 Å². The summed E-state index contributed by atoms with van der Waals surface area (Å²) in [4.78, 5) is 4.13. The van der Waals surface area contributed by atoms with E-state index in [4.69, 9.17) is 20.9 Å². The van der Waals surface area contributed by atoms with Gasteiger partial charge in [0.15, 0.2) is 5.82 Å². The highest BCUT2D eigenvalue weighted by Gasteiger charge is 2.08. The predicted molar refractivity (Wildman–Crippen MR) is 59.7 cm³/mol. The molecule has 5 heteroatoms. The average Bonchev–Trinajstić information content (AvgIpc) is 2.77. The molecule has 0 aliphatic rings. The third kappa shape index (κ3) is 2.33. The molecule has 0 fully saturated rings. The van der Waals surface area contributed by atoms with E-state index in [2.05, 4.69) is 10.1 Å². The number of halogens is 1. The minimum absolute atomic E-state index is 0.235. The maximum absolute atomic E-state index is 5.58. The van der Waals surface area contributed by atoms with Crippen molar-refractivity contribution in [3.63, 3.8) is 0 Å². The first-order chi connectivity index (χ1) is 7.83. The molecule has 0 atom stereocenters. The predicted octanol–water partition coefficient (Wildman–Crippen LogP) is 2.41. The van der Waals surface area contributed by atoms with Gasteiger partial charge in [0, 0.05) is 12.0 Å². The van der Waals surface area contributed by atoms with Crippen LogP contribution in [0.4, 0.5) is 0 Å². The number of para-hydroxylation sites is 1. The monoisotopic (exact) mass is 238 g/mol. The lowest BCUT2D eigenvalue weighted by atomic mass is 10.1. The lowest BCUT2D eigenvalue weighted by molar-refractivity contribution is 0.384. The van der Waals surface area contributed by atoms with E-state index in [9.17, 15) is 0 Å². The minimum atomic E-state index is 0.235. The lowest BCUT2D eigenvalue weighted by Gasteiger charge is -2.04. The number of methoxy groups -OCH3 is 1. The van der Waals surface area contributed by atoms with Crippen LogP contribution in [-0.2, 0) is 12.3 Å². The van der Waals surface area contributed by atoms with Gasteiger partial charge in [0.05, 0.1) is 7.11 Å². The quantitative estimate of drug-likeness (QED) is 0.768. The fraction of sp³-hybridized carbons (Fsp3) is 0.273. The maximum Gasteiger partial charge on any atom is 0.241 e. The van der Waals surface area contributed by atoms with Crippen molar-refractivity contribution in [2.24, 2.45) is 0 Å². The molecular weight excluding hydrogens is 228 g/mol. The van der Waals surface area contributed by atoms with Crippen LogP contribution in [0.1, 0.15) is 17.3 Å². The topological polar surface area (TPSA) is 48.2 Å². The standard InChI is InChI=1S/C11H11ClN2O2/c1-15-9-5-3-2-4-8(9)6-10-13-11(7-12)16-14-10/h2-5H,6-7H2,1H3. The maximum atomic E-state index is 5.58. The molecule has 0 unspecified atom stereocenters. The van der Waals surface area contributed by atoms with Crippen LogP contribution in [0.15, 0.2) is 28.8 Å². The molecule has 2 rings (SSSR count). The number of nitrogens with zero attached hydrogens (tertiary/aromatic N) is 2. The Morgan fingerprint density at radius 2 is 2.19 bits per heavy atom. The molecule has 4 nitrogen and oxygen atoms in total. The Bertz CT molecular complexity index is 471. The summed E-state index contributed by atoms with van der Waals surface area (Å²) in [6.45, 7) is 0. The summed E-state index contributed by atoms with van der Waals surface area (Å²) < 4.78 is 10.2. The minimum Gasteiger partial charge on any atom is -0.496 e. The molecule has 2 aromatic rings. The Hall–Kier alpha value is -1.55. The van der Waals surface area contributed by atoms with Crippen LogP contribution < -0.4 is 4.74 Å². The first-order valence-electron chi connectivity index (χ1n) is 4.83. The summed E-state index contributed by atoms with van der Waals surface area (Å²) in [6.07, 6.45) is 0.574. The summed E-state index contributed by atoms with van der Waals surface area (Å²) in [5, 5.41) is 3.83. The van der Waals surface area contributed by atoms with Crippen molar-refractivity contribution in [3.8, 4) is 5.75 Å². The number of benzene rings is 1. The number of hydrogen-bond donors (Lipinski definition) is 0. The summed E-state index contributed by atoms with van der Waals surface area (Å²) in [6, 6.07) is 7.73. The molecule has 1 heterocycles. The summed E-state index contributed by atoms with van der Waals surface area (Å²) in [5.41, 5.74) is 1.02. The van der Waals surface area contributed by atoms with E-state index in [-0.39, 0.29) is 5.88 Å². The van der Waals surface area contributed by atoms with E-state index in [1.54, 1.807) is 7.11 Å². The van der Waals surface area contributed by atoms with Gasteiger partial charge in [-0.05, 0) is 6.07 Å². The molecule has 0 saturated carbocycles. The van der Waals surface area contributed by atoms with Gasteiger partial charge >= 0.3 is 0 Å². The van der Waals surface area contributed by atoms with Crippen LogP contribution in [0.2, 0.25) is 0 Å². The van der Waals surface area contributed by atoms with Crippen molar-refractivity contribution in [1.29, 1.82) is 0 Å². The van der Waals surface area contributed by atoms with Gasteiger partial charge in [-0.15, -0.1) is 11.6 Å². The second-order valence-electron chi connectivity index (χ2n) is 3.23. The Balaban J connectivity index is 2.19. The number of alkyl halides is 1. The summed E-state index contributed by atoms with van der Waals surface area (Å²) >= 11 is 5.58. The van der Waals surface area contributed by atoms with Crippen molar-refractivity contribution in [2.45, 2.75) is 12.3 Å². The molecular formula is C11H11ClN2O2. The van der Waals surface area contributed by atoms with Gasteiger partial charge in [0.2, 0.25) is 5.89 Å². The number of aromatic nitrogens is 2. The van der Waals surface area contributed by atoms with Gasteiger partial charge in [0.25, 0.3) is 0 Å². The van der Waals surface area contributed by atoms with Crippen LogP contribution in [-0.4, -0.2) is 17.3 Å². The number of rotatable bonds is 4. The van der Waals surface area contributed by atoms with Crippen LogP contribution in [0.25, 0.3) is 0 Å². The van der Waals surface area contributed by atoms with Crippen molar-refractivity contribution in [2.75, 3.05) is 7.11 Å². The van der Waals surface area contributed by atoms with Gasteiger partial charge in [-0.1, -0.05) is 23.4 Å². The smallest absolute Gasteiger partial charge is 0.241 e. The first-order valence-corrected chi connectivity index (χ1v) is 5.36.